The predicted molar refractivity (Wildman–Crippen MR) is 74.4 cm³/mol. The third-order valence-corrected chi connectivity index (χ3v) is 3.54. The standard InChI is InChI=1S/C16H15F2NO2/c17-16(18)21-14-8-4-2-6-11(14)15-9-12(19)10-5-1-3-7-13(10)20-15/h1-8,12,15-16H,9,19H2/t12-,15?/m1/s1. The first-order valence-corrected chi connectivity index (χ1v) is 6.70. The number of rotatable bonds is 3. The molecule has 1 unspecified atom stereocenters. The van der Waals surface area contributed by atoms with Crippen LogP contribution in [-0.4, -0.2) is 6.61 Å². The van der Waals surface area contributed by atoms with Gasteiger partial charge < -0.3 is 15.2 Å². The summed E-state index contributed by atoms with van der Waals surface area (Å²) in [6, 6.07) is 14.0. The van der Waals surface area contributed by atoms with E-state index in [1.54, 1.807) is 18.2 Å². The molecule has 0 amide bonds. The van der Waals surface area contributed by atoms with Crippen molar-refractivity contribution in [2.45, 2.75) is 25.2 Å². The highest BCUT2D eigenvalue weighted by Crippen LogP contribution is 2.41. The van der Waals surface area contributed by atoms with Crippen LogP contribution in [-0.2, 0) is 0 Å². The van der Waals surface area contributed by atoms with Gasteiger partial charge in [-0.2, -0.15) is 8.78 Å². The largest absolute Gasteiger partial charge is 0.485 e. The van der Waals surface area contributed by atoms with E-state index in [1.165, 1.54) is 6.07 Å². The molecule has 1 aliphatic heterocycles. The van der Waals surface area contributed by atoms with Crippen molar-refractivity contribution in [2.75, 3.05) is 0 Å². The maximum atomic E-state index is 12.5. The molecule has 0 fully saturated rings. The molecule has 3 rings (SSSR count). The van der Waals surface area contributed by atoms with E-state index < -0.39 is 12.7 Å². The van der Waals surface area contributed by atoms with Gasteiger partial charge in [0.05, 0.1) is 0 Å². The highest BCUT2D eigenvalue weighted by molar-refractivity contribution is 5.42. The molecule has 110 valence electrons. The van der Waals surface area contributed by atoms with Crippen molar-refractivity contribution in [3.8, 4) is 11.5 Å². The molecule has 2 aromatic carbocycles. The summed E-state index contributed by atoms with van der Waals surface area (Å²) < 4.78 is 35.5. The van der Waals surface area contributed by atoms with Crippen LogP contribution in [0.15, 0.2) is 48.5 Å². The second-order valence-electron chi connectivity index (χ2n) is 4.90. The molecule has 0 saturated carbocycles. The Hall–Kier alpha value is -2.14. The average Bonchev–Trinajstić information content (AvgIpc) is 2.47. The third kappa shape index (κ3) is 2.83. The summed E-state index contributed by atoms with van der Waals surface area (Å²) in [5, 5.41) is 0. The van der Waals surface area contributed by atoms with Gasteiger partial charge in [0.15, 0.2) is 0 Å². The fourth-order valence-electron chi connectivity index (χ4n) is 2.59. The first-order valence-electron chi connectivity index (χ1n) is 6.70. The van der Waals surface area contributed by atoms with Crippen LogP contribution in [0, 0.1) is 0 Å². The van der Waals surface area contributed by atoms with Gasteiger partial charge in [-0.1, -0.05) is 36.4 Å². The number of hydrogen-bond acceptors (Lipinski definition) is 3. The maximum absolute atomic E-state index is 12.5. The first-order chi connectivity index (χ1) is 10.1. The molecule has 3 nitrogen and oxygen atoms in total. The van der Waals surface area contributed by atoms with Crippen LogP contribution in [0.25, 0.3) is 0 Å². The highest BCUT2D eigenvalue weighted by atomic mass is 19.3. The van der Waals surface area contributed by atoms with Crippen molar-refractivity contribution in [3.05, 3.63) is 59.7 Å². The van der Waals surface area contributed by atoms with E-state index in [-0.39, 0.29) is 11.8 Å². The second-order valence-corrected chi connectivity index (χ2v) is 4.90. The molecule has 0 radical (unpaired) electrons. The zero-order valence-corrected chi connectivity index (χ0v) is 11.2. The van der Waals surface area contributed by atoms with E-state index in [4.69, 9.17) is 10.5 Å². The fourth-order valence-corrected chi connectivity index (χ4v) is 2.59. The molecule has 21 heavy (non-hydrogen) atoms. The number of alkyl halides is 2. The lowest BCUT2D eigenvalue weighted by atomic mass is 9.93. The predicted octanol–water partition coefficient (Wildman–Crippen LogP) is 3.81. The molecular formula is C16H15F2NO2. The monoisotopic (exact) mass is 291 g/mol. The summed E-state index contributed by atoms with van der Waals surface area (Å²) in [4.78, 5) is 0. The summed E-state index contributed by atoms with van der Waals surface area (Å²) in [6.45, 7) is -2.87. The van der Waals surface area contributed by atoms with Gasteiger partial charge in [-0.05, 0) is 12.1 Å². The lowest BCUT2D eigenvalue weighted by molar-refractivity contribution is -0.0515. The number of halogens is 2. The Morgan fingerprint density at radius 3 is 2.48 bits per heavy atom. The van der Waals surface area contributed by atoms with Crippen molar-refractivity contribution in [2.24, 2.45) is 5.73 Å². The lowest BCUT2D eigenvalue weighted by Crippen LogP contribution is -2.24. The van der Waals surface area contributed by atoms with Crippen molar-refractivity contribution >= 4 is 0 Å². The molecule has 0 aliphatic carbocycles. The molecule has 2 N–H and O–H groups in total. The van der Waals surface area contributed by atoms with Gasteiger partial charge in [-0.3, -0.25) is 0 Å². The van der Waals surface area contributed by atoms with Gasteiger partial charge >= 0.3 is 6.61 Å². The zero-order chi connectivity index (χ0) is 14.8. The van der Waals surface area contributed by atoms with Crippen LogP contribution < -0.4 is 15.2 Å². The van der Waals surface area contributed by atoms with E-state index in [9.17, 15) is 8.78 Å². The van der Waals surface area contributed by atoms with Crippen LogP contribution in [0.5, 0.6) is 11.5 Å². The van der Waals surface area contributed by atoms with Crippen LogP contribution in [0.1, 0.15) is 29.7 Å². The molecule has 1 aliphatic rings. The summed E-state index contributed by atoms with van der Waals surface area (Å²) in [7, 11) is 0. The van der Waals surface area contributed by atoms with Gasteiger partial charge in [-0.25, -0.2) is 0 Å². The summed E-state index contributed by atoms with van der Waals surface area (Å²) >= 11 is 0. The minimum atomic E-state index is -2.87. The van der Waals surface area contributed by atoms with Crippen molar-refractivity contribution < 1.29 is 18.3 Å². The molecule has 0 aromatic heterocycles. The molecule has 0 saturated heterocycles. The van der Waals surface area contributed by atoms with Crippen molar-refractivity contribution in [1.82, 2.24) is 0 Å². The molecular weight excluding hydrogens is 276 g/mol. The van der Waals surface area contributed by atoms with E-state index >= 15 is 0 Å². The Kier molecular flexibility index (Phi) is 3.75. The summed E-state index contributed by atoms with van der Waals surface area (Å²) in [5.41, 5.74) is 7.67. The number of nitrogens with two attached hydrogens (primary N) is 1. The molecule has 5 heteroatoms. The molecule has 2 aromatic rings. The van der Waals surface area contributed by atoms with Gasteiger partial charge in [0.1, 0.15) is 17.6 Å². The average molecular weight is 291 g/mol. The van der Waals surface area contributed by atoms with Gasteiger partial charge in [0, 0.05) is 23.6 Å². The number of benzene rings is 2. The number of ether oxygens (including phenoxy) is 2. The van der Waals surface area contributed by atoms with Crippen LogP contribution in [0.2, 0.25) is 0 Å². The lowest BCUT2D eigenvalue weighted by Gasteiger charge is -2.31. The Morgan fingerprint density at radius 1 is 1.05 bits per heavy atom. The van der Waals surface area contributed by atoms with Gasteiger partial charge in [-0.15, -0.1) is 0 Å². The minimum absolute atomic E-state index is 0.129. The zero-order valence-electron chi connectivity index (χ0n) is 11.2. The Bertz CT molecular complexity index is 633. The number of para-hydroxylation sites is 2. The SMILES string of the molecule is N[C@@H]1CC(c2ccccc2OC(F)F)Oc2ccccc21. The Balaban J connectivity index is 1.93. The number of fused-ring (bicyclic) bond motifs is 1. The Labute approximate surface area is 121 Å². The van der Waals surface area contributed by atoms with E-state index in [2.05, 4.69) is 4.74 Å². The first kappa shape index (κ1) is 13.8. The quantitative estimate of drug-likeness (QED) is 0.935. The molecule has 0 bridgehead atoms. The van der Waals surface area contributed by atoms with Crippen LogP contribution in [0.4, 0.5) is 8.78 Å². The van der Waals surface area contributed by atoms with Crippen LogP contribution in [0.3, 0.4) is 0 Å². The maximum Gasteiger partial charge on any atom is 0.387 e. The van der Waals surface area contributed by atoms with Crippen molar-refractivity contribution in [3.63, 3.8) is 0 Å². The third-order valence-electron chi connectivity index (χ3n) is 3.54. The topological polar surface area (TPSA) is 44.5 Å². The van der Waals surface area contributed by atoms with Crippen molar-refractivity contribution in [1.29, 1.82) is 0 Å². The van der Waals surface area contributed by atoms with E-state index in [0.717, 1.165) is 5.56 Å². The van der Waals surface area contributed by atoms with Crippen LogP contribution >= 0.6 is 0 Å². The molecule has 1 heterocycles. The van der Waals surface area contributed by atoms with Gasteiger partial charge in [0.2, 0.25) is 0 Å². The minimum Gasteiger partial charge on any atom is -0.485 e. The summed E-state index contributed by atoms with van der Waals surface area (Å²) in [6.07, 6.45) is 0.116. The Morgan fingerprint density at radius 2 is 1.71 bits per heavy atom. The molecule has 2 atom stereocenters. The summed E-state index contributed by atoms with van der Waals surface area (Å²) in [5.74, 6) is 0.817. The number of hydrogen-bond donors (Lipinski definition) is 1. The van der Waals surface area contributed by atoms with E-state index in [0.29, 0.717) is 17.7 Å². The normalized spacial score (nSPS) is 20.8. The molecule has 0 spiro atoms. The second kappa shape index (κ2) is 5.69. The smallest absolute Gasteiger partial charge is 0.387 e. The van der Waals surface area contributed by atoms with E-state index in [1.807, 2.05) is 24.3 Å². The highest BCUT2D eigenvalue weighted by Gasteiger charge is 2.29. The fraction of sp³-hybridized carbons (Fsp3) is 0.250. The van der Waals surface area contributed by atoms with Gasteiger partial charge in [0.25, 0.3) is 0 Å².